The molecule has 1 amide bonds. The molecular formula is C27H24F5N3O3. The topological polar surface area (TPSA) is 74.7 Å². The van der Waals surface area contributed by atoms with Gasteiger partial charge in [0.25, 0.3) is 5.91 Å². The van der Waals surface area contributed by atoms with Gasteiger partial charge in [-0.15, -0.1) is 0 Å². The van der Waals surface area contributed by atoms with Crippen LogP contribution in [0.3, 0.4) is 0 Å². The molecule has 2 aromatic carbocycles. The number of carbonyl (C=O) groups excluding carboxylic acids is 1. The summed E-state index contributed by atoms with van der Waals surface area (Å²) < 4.78 is 74.8. The molecule has 1 aromatic heterocycles. The number of rotatable bonds is 4. The third-order valence-corrected chi connectivity index (χ3v) is 7.11. The number of hydrogen-bond acceptors (Lipinski definition) is 5. The van der Waals surface area contributed by atoms with Crippen molar-refractivity contribution in [3.63, 3.8) is 0 Å². The summed E-state index contributed by atoms with van der Waals surface area (Å²) in [4.78, 5) is 17.3. The SMILES string of the molecule is Cc1ccc(NC(=O)c2ccnc(C(F)(F)F)c2F)cc1-c1ccc2c(c1)N1CCOC[C@@]1(F)[C@@H](CO)C2. The quantitative estimate of drug-likeness (QED) is 0.359. The van der Waals surface area contributed by atoms with Gasteiger partial charge in [0, 0.05) is 30.0 Å². The Morgan fingerprint density at radius 3 is 2.76 bits per heavy atom. The van der Waals surface area contributed by atoms with Crippen molar-refractivity contribution in [3.8, 4) is 11.1 Å². The van der Waals surface area contributed by atoms with Gasteiger partial charge >= 0.3 is 6.18 Å². The minimum Gasteiger partial charge on any atom is -0.396 e. The van der Waals surface area contributed by atoms with Crippen molar-refractivity contribution in [1.29, 1.82) is 0 Å². The van der Waals surface area contributed by atoms with E-state index in [4.69, 9.17) is 4.74 Å². The molecular weight excluding hydrogens is 509 g/mol. The van der Waals surface area contributed by atoms with Gasteiger partial charge in [-0.2, -0.15) is 13.2 Å². The number of amides is 1. The van der Waals surface area contributed by atoms with E-state index in [0.717, 1.165) is 29.0 Å². The standard InChI is InChI=1S/C27H24F5N3O3/c1-15-2-5-19(34-25(37)20-6-7-33-24(23(20)28)27(30,31)32)12-21(15)16-3-4-17-10-18(13-36)26(29)14-38-9-8-35(26)22(17)11-16/h2-7,11-12,18,36H,8-10,13-14H2,1H3,(H,34,37)/t18-,26+/m1/s1. The smallest absolute Gasteiger partial charge is 0.396 e. The molecule has 0 radical (unpaired) electrons. The second kappa shape index (κ2) is 9.63. The molecule has 0 saturated carbocycles. The first-order valence-electron chi connectivity index (χ1n) is 11.9. The van der Waals surface area contributed by atoms with Crippen molar-refractivity contribution in [2.75, 3.05) is 36.6 Å². The maximum atomic E-state index is 16.0. The van der Waals surface area contributed by atoms with Crippen LogP contribution in [0.15, 0.2) is 48.7 Å². The van der Waals surface area contributed by atoms with Crippen LogP contribution in [0.25, 0.3) is 11.1 Å². The molecule has 6 nitrogen and oxygen atoms in total. The van der Waals surface area contributed by atoms with Crippen LogP contribution in [0.1, 0.15) is 27.2 Å². The molecule has 0 aliphatic carbocycles. The number of alkyl halides is 4. The number of nitrogens with one attached hydrogen (secondary N) is 1. The first kappa shape index (κ1) is 26.1. The van der Waals surface area contributed by atoms with Crippen LogP contribution in [0.2, 0.25) is 0 Å². The molecule has 200 valence electrons. The zero-order valence-corrected chi connectivity index (χ0v) is 20.3. The minimum absolute atomic E-state index is 0.149. The van der Waals surface area contributed by atoms with Gasteiger partial charge in [-0.3, -0.25) is 4.79 Å². The Hall–Kier alpha value is -3.57. The molecule has 0 unspecified atom stereocenters. The summed E-state index contributed by atoms with van der Waals surface area (Å²) >= 11 is 0. The Morgan fingerprint density at radius 1 is 1.24 bits per heavy atom. The number of nitrogens with zero attached hydrogens (tertiary/aromatic N) is 2. The number of morpholine rings is 1. The van der Waals surface area contributed by atoms with Gasteiger partial charge in [0.15, 0.2) is 11.5 Å². The Labute approximate surface area is 215 Å². The molecule has 3 heterocycles. The van der Waals surface area contributed by atoms with E-state index in [1.165, 1.54) is 0 Å². The van der Waals surface area contributed by atoms with E-state index in [0.29, 0.717) is 30.8 Å². The lowest BCUT2D eigenvalue weighted by Crippen LogP contribution is -2.62. The molecule has 38 heavy (non-hydrogen) atoms. The number of carbonyl (C=O) groups is 1. The summed E-state index contributed by atoms with van der Waals surface area (Å²) in [6.07, 6.45) is -3.97. The van der Waals surface area contributed by atoms with E-state index in [-0.39, 0.29) is 18.9 Å². The summed E-state index contributed by atoms with van der Waals surface area (Å²) in [6, 6.07) is 11.3. The van der Waals surface area contributed by atoms with Crippen LogP contribution in [0.5, 0.6) is 0 Å². The van der Waals surface area contributed by atoms with Gasteiger partial charge in [-0.05, 0) is 59.9 Å². The highest BCUT2D eigenvalue weighted by atomic mass is 19.4. The molecule has 2 atom stereocenters. The van der Waals surface area contributed by atoms with Crippen molar-refractivity contribution < 1.29 is 36.6 Å². The number of aryl methyl sites for hydroxylation is 1. The normalized spacial score (nSPS) is 21.0. The first-order chi connectivity index (χ1) is 18.0. The number of fused-ring (bicyclic) bond motifs is 3. The van der Waals surface area contributed by atoms with Crippen LogP contribution in [-0.2, 0) is 17.3 Å². The third kappa shape index (κ3) is 4.49. The summed E-state index contributed by atoms with van der Waals surface area (Å²) in [5, 5.41) is 12.3. The highest BCUT2D eigenvalue weighted by Gasteiger charge is 2.50. The van der Waals surface area contributed by atoms with Crippen molar-refractivity contribution in [2.24, 2.45) is 5.92 Å². The fraction of sp³-hybridized carbons (Fsp3) is 0.333. The molecule has 0 spiro atoms. The second-order valence-electron chi connectivity index (χ2n) is 9.45. The Morgan fingerprint density at radius 2 is 2.03 bits per heavy atom. The van der Waals surface area contributed by atoms with E-state index in [2.05, 4.69) is 10.3 Å². The van der Waals surface area contributed by atoms with Crippen LogP contribution < -0.4 is 10.2 Å². The van der Waals surface area contributed by atoms with Crippen molar-refractivity contribution in [1.82, 2.24) is 4.98 Å². The van der Waals surface area contributed by atoms with Crippen LogP contribution >= 0.6 is 0 Å². The van der Waals surface area contributed by atoms with E-state index in [9.17, 15) is 27.5 Å². The summed E-state index contributed by atoms with van der Waals surface area (Å²) in [7, 11) is 0. The Kier molecular flexibility index (Phi) is 6.60. The first-order valence-corrected chi connectivity index (χ1v) is 11.9. The summed E-state index contributed by atoms with van der Waals surface area (Å²) in [6.45, 7) is 2.03. The fourth-order valence-electron chi connectivity index (χ4n) is 5.10. The number of halogens is 5. The Bertz CT molecular complexity index is 1400. The van der Waals surface area contributed by atoms with E-state index in [1.807, 2.05) is 25.1 Å². The molecule has 5 rings (SSSR count). The number of hydrogen-bond donors (Lipinski definition) is 2. The zero-order valence-electron chi connectivity index (χ0n) is 20.3. The summed E-state index contributed by atoms with van der Waals surface area (Å²) in [5.74, 6) is -5.28. The predicted octanol–water partition coefficient (Wildman–Crippen LogP) is 5.13. The van der Waals surface area contributed by atoms with Gasteiger partial charge in [-0.1, -0.05) is 18.2 Å². The van der Waals surface area contributed by atoms with Crippen molar-refractivity contribution >= 4 is 17.3 Å². The third-order valence-electron chi connectivity index (χ3n) is 7.11. The van der Waals surface area contributed by atoms with Crippen molar-refractivity contribution in [2.45, 2.75) is 25.3 Å². The number of aliphatic hydroxyl groups is 1. The maximum absolute atomic E-state index is 16.0. The predicted molar refractivity (Wildman–Crippen MR) is 130 cm³/mol. The lowest BCUT2D eigenvalue weighted by Gasteiger charge is -2.50. The van der Waals surface area contributed by atoms with Crippen LogP contribution in [0, 0.1) is 18.7 Å². The van der Waals surface area contributed by atoms with Gasteiger partial charge in [0.1, 0.15) is 6.61 Å². The minimum atomic E-state index is -5.04. The molecule has 2 aliphatic rings. The van der Waals surface area contributed by atoms with E-state index >= 15 is 4.39 Å². The number of pyridine rings is 1. The molecule has 3 aromatic rings. The lowest BCUT2D eigenvalue weighted by molar-refractivity contribution is -0.143. The fourth-order valence-corrected chi connectivity index (χ4v) is 5.10. The maximum Gasteiger partial charge on any atom is 0.436 e. The van der Waals surface area contributed by atoms with Crippen LogP contribution in [-0.4, -0.2) is 48.2 Å². The largest absolute Gasteiger partial charge is 0.436 e. The molecule has 2 aliphatic heterocycles. The molecule has 1 saturated heterocycles. The van der Waals surface area contributed by atoms with Crippen LogP contribution in [0.4, 0.5) is 33.3 Å². The number of benzene rings is 2. The van der Waals surface area contributed by atoms with Crippen molar-refractivity contribution in [3.05, 3.63) is 76.9 Å². The number of aromatic nitrogens is 1. The van der Waals surface area contributed by atoms with Gasteiger partial charge in [0.05, 0.1) is 18.8 Å². The number of ether oxygens (including phenoxy) is 1. The summed E-state index contributed by atoms with van der Waals surface area (Å²) in [5.41, 5.74) is 1.51. The second-order valence-corrected chi connectivity index (χ2v) is 9.45. The Balaban J connectivity index is 1.47. The highest BCUT2D eigenvalue weighted by Crippen LogP contribution is 2.45. The zero-order chi connectivity index (χ0) is 27.2. The monoisotopic (exact) mass is 533 g/mol. The molecule has 0 bridgehead atoms. The van der Waals surface area contributed by atoms with Gasteiger partial charge < -0.3 is 20.1 Å². The van der Waals surface area contributed by atoms with Gasteiger partial charge in [-0.25, -0.2) is 13.8 Å². The lowest BCUT2D eigenvalue weighted by atomic mass is 9.82. The van der Waals surface area contributed by atoms with E-state index < -0.39 is 40.9 Å². The number of anilines is 2. The van der Waals surface area contributed by atoms with Gasteiger partial charge in [0.2, 0.25) is 5.79 Å². The number of aliphatic hydroxyl groups excluding tert-OH is 1. The molecule has 1 fully saturated rings. The van der Waals surface area contributed by atoms with E-state index in [1.54, 1.807) is 23.1 Å². The average molecular weight is 533 g/mol. The molecule has 11 heteroatoms. The highest BCUT2D eigenvalue weighted by molar-refractivity contribution is 6.04. The average Bonchev–Trinajstić information content (AvgIpc) is 2.88. The molecule has 2 N–H and O–H groups in total.